The van der Waals surface area contributed by atoms with Gasteiger partial charge in [0.05, 0.1) is 26.0 Å². The lowest BCUT2D eigenvalue weighted by Crippen LogP contribution is -2.25. The van der Waals surface area contributed by atoms with Crippen LogP contribution in [-0.4, -0.2) is 47.2 Å². The number of methoxy groups -OCH3 is 2. The second kappa shape index (κ2) is 11.1. The Morgan fingerprint density at radius 1 is 0.974 bits per heavy atom. The molecule has 0 unspecified atom stereocenters. The zero-order valence-electron chi connectivity index (χ0n) is 21.4. The van der Waals surface area contributed by atoms with Crippen molar-refractivity contribution < 1.29 is 19.1 Å². The van der Waals surface area contributed by atoms with Crippen LogP contribution in [0.25, 0.3) is 0 Å². The largest absolute Gasteiger partial charge is 0.497 e. The highest BCUT2D eigenvalue weighted by Crippen LogP contribution is 2.39. The molecule has 5 rings (SSSR count). The van der Waals surface area contributed by atoms with E-state index in [4.69, 9.17) is 14.6 Å². The number of rotatable bonds is 7. The van der Waals surface area contributed by atoms with Crippen LogP contribution in [0.4, 0.5) is 5.69 Å². The quantitative estimate of drug-likeness (QED) is 0.454. The van der Waals surface area contributed by atoms with E-state index >= 15 is 0 Å². The minimum atomic E-state index is -0.604. The standard InChI is InChI=1S/C29H28N4O4S/c1-18-4-10-21(11-5-18)30-27(34)17-26-28(35)31-29(38-26)33-25(20-8-14-23(37-3)15-9-20)16-24(32-33)19-6-12-22(36-2)13-7-19/h4-15,25-26H,16-17H2,1-3H3,(H,30,34)/t25-,26-/m1/s1. The number of ether oxygens (including phenoxy) is 2. The highest BCUT2D eigenvalue weighted by Gasteiger charge is 2.39. The van der Waals surface area contributed by atoms with Crippen LogP contribution >= 0.6 is 11.8 Å². The molecule has 3 aromatic carbocycles. The Balaban J connectivity index is 1.35. The van der Waals surface area contributed by atoms with Crippen LogP contribution in [0, 0.1) is 6.92 Å². The van der Waals surface area contributed by atoms with E-state index < -0.39 is 5.25 Å². The molecule has 2 aliphatic heterocycles. The number of thioether (sulfide) groups is 1. The van der Waals surface area contributed by atoms with Gasteiger partial charge in [-0.1, -0.05) is 41.6 Å². The van der Waals surface area contributed by atoms with Gasteiger partial charge in [0.1, 0.15) is 16.7 Å². The summed E-state index contributed by atoms with van der Waals surface area (Å²) in [6.45, 7) is 1.98. The summed E-state index contributed by atoms with van der Waals surface area (Å²) in [4.78, 5) is 29.8. The Hall–Kier alpha value is -4.11. The normalized spacial score (nSPS) is 18.7. The van der Waals surface area contributed by atoms with Crippen molar-refractivity contribution in [3.05, 3.63) is 89.5 Å². The monoisotopic (exact) mass is 528 g/mol. The maximum absolute atomic E-state index is 12.8. The number of carbonyl (C=O) groups is 2. The molecule has 0 saturated carbocycles. The minimum absolute atomic E-state index is 0.0282. The number of amides is 2. The number of carbonyl (C=O) groups excluding carboxylic acids is 2. The zero-order valence-corrected chi connectivity index (χ0v) is 22.2. The summed E-state index contributed by atoms with van der Waals surface area (Å²) in [7, 11) is 3.26. The fraction of sp³-hybridized carbons (Fsp3) is 0.241. The second-order valence-corrected chi connectivity index (χ2v) is 10.2. The first kappa shape index (κ1) is 25.5. The molecule has 194 valence electrons. The highest BCUT2D eigenvalue weighted by molar-refractivity contribution is 8.15. The zero-order chi connectivity index (χ0) is 26.6. The number of benzene rings is 3. The summed E-state index contributed by atoms with van der Waals surface area (Å²) in [5.41, 5.74) is 4.68. The molecule has 0 bridgehead atoms. The Labute approximate surface area is 225 Å². The molecule has 0 radical (unpaired) electrons. The molecular weight excluding hydrogens is 500 g/mol. The molecule has 38 heavy (non-hydrogen) atoms. The predicted molar refractivity (Wildman–Crippen MR) is 150 cm³/mol. The van der Waals surface area contributed by atoms with Gasteiger partial charge in [0, 0.05) is 18.5 Å². The topological polar surface area (TPSA) is 92.6 Å². The maximum atomic E-state index is 12.8. The summed E-state index contributed by atoms with van der Waals surface area (Å²) in [5, 5.41) is 9.46. The van der Waals surface area contributed by atoms with E-state index in [9.17, 15) is 9.59 Å². The van der Waals surface area contributed by atoms with Crippen molar-refractivity contribution in [3.63, 3.8) is 0 Å². The SMILES string of the molecule is COc1ccc(C2=NN(C3=NC(=O)[C@@H](CC(=O)Nc4ccc(C)cc4)S3)[C@@H](c3ccc(OC)cc3)C2)cc1. The number of nitrogens with one attached hydrogen (secondary N) is 1. The fourth-order valence-corrected chi connectivity index (χ4v) is 5.41. The number of amidine groups is 1. The van der Waals surface area contributed by atoms with Crippen LogP contribution in [-0.2, 0) is 9.59 Å². The van der Waals surface area contributed by atoms with Crippen LogP contribution in [0.5, 0.6) is 11.5 Å². The summed E-state index contributed by atoms with van der Waals surface area (Å²) in [6, 6.07) is 22.9. The molecule has 1 N–H and O–H groups in total. The first-order chi connectivity index (χ1) is 18.4. The van der Waals surface area contributed by atoms with Gasteiger partial charge in [-0.05, 0) is 66.6 Å². The average Bonchev–Trinajstić information content (AvgIpc) is 3.54. The summed E-state index contributed by atoms with van der Waals surface area (Å²) >= 11 is 1.28. The van der Waals surface area contributed by atoms with E-state index in [0.717, 1.165) is 33.9 Å². The van der Waals surface area contributed by atoms with Crippen molar-refractivity contribution in [2.75, 3.05) is 19.5 Å². The predicted octanol–water partition coefficient (Wildman–Crippen LogP) is 5.19. The summed E-state index contributed by atoms with van der Waals surface area (Å²) in [5.74, 6) is 0.971. The third kappa shape index (κ3) is 5.57. The molecule has 2 amide bonds. The smallest absolute Gasteiger partial charge is 0.262 e. The molecule has 2 heterocycles. The van der Waals surface area contributed by atoms with Gasteiger partial charge in [0.15, 0.2) is 5.17 Å². The van der Waals surface area contributed by atoms with E-state index in [1.165, 1.54) is 11.8 Å². The van der Waals surface area contributed by atoms with E-state index in [1.54, 1.807) is 14.2 Å². The molecule has 0 aromatic heterocycles. The lowest BCUT2D eigenvalue weighted by Gasteiger charge is -2.23. The number of anilines is 1. The fourth-order valence-electron chi connectivity index (χ4n) is 4.35. The molecular formula is C29H28N4O4S. The first-order valence-corrected chi connectivity index (χ1v) is 13.1. The molecule has 0 aliphatic carbocycles. The molecule has 0 saturated heterocycles. The van der Waals surface area contributed by atoms with Crippen molar-refractivity contribution in [2.24, 2.45) is 10.1 Å². The van der Waals surface area contributed by atoms with E-state index in [2.05, 4.69) is 10.3 Å². The van der Waals surface area contributed by atoms with E-state index in [0.29, 0.717) is 17.3 Å². The third-order valence-corrected chi connectivity index (χ3v) is 7.61. The van der Waals surface area contributed by atoms with Gasteiger partial charge >= 0.3 is 0 Å². The second-order valence-electron chi connectivity index (χ2n) is 9.07. The number of hydrogen-bond acceptors (Lipinski definition) is 7. The van der Waals surface area contributed by atoms with Crippen molar-refractivity contribution in [1.29, 1.82) is 0 Å². The average molecular weight is 529 g/mol. The van der Waals surface area contributed by atoms with Crippen molar-refractivity contribution in [1.82, 2.24) is 5.01 Å². The van der Waals surface area contributed by atoms with Crippen LogP contribution < -0.4 is 14.8 Å². The summed E-state index contributed by atoms with van der Waals surface area (Å²) < 4.78 is 10.6. The van der Waals surface area contributed by atoms with Gasteiger partial charge in [-0.25, -0.2) is 5.01 Å². The van der Waals surface area contributed by atoms with Crippen LogP contribution in [0.3, 0.4) is 0 Å². The van der Waals surface area contributed by atoms with E-state index in [1.807, 2.05) is 84.7 Å². The molecule has 3 aromatic rings. The van der Waals surface area contributed by atoms with Gasteiger partial charge in [-0.15, -0.1) is 0 Å². The lowest BCUT2D eigenvalue weighted by molar-refractivity contribution is -0.121. The van der Waals surface area contributed by atoms with Crippen molar-refractivity contribution >= 4 is 40.1 Å². The molecule has 0 spiro atoms. The molecule has 0 fully saturated rings. The molecule has 9 heteroatoms. The first-order valence-electron chi connectivity index (χ1n) is 12.2. The lowest BCUT2D eigenvalue weighted by atomic mass is 9.98. The van der Waals surface area contributed by atoms with Crippen LogP contribution in [0.1, 0.15) is 35.6 Å². The van der Waals surface area contributed by atoms with Gasteiger partial charge < -0.3 is 14.8 Å². The Bertz CT molecular complexity index is 1390. The van der Waals surface area contributed by atoms with Gasteiger partial charge in [-0.3, -0.25) is 9.59 Å². The third-order valence-electron chi connectivity index (χ3n) is 6.47. The number of aryl methyl sites for hydroxylation is 1. The number of aliphatic imine (C=N–C) groups is 1. The summed E-state index contributed by atoms with van der Waals surface area (Å²) in [6.07, 6.45) is 0.658. The minimum Gasteiger partial charge on any atom is -0.497 e. The van der Waals surface area contributed by atoms with Gasteiger partial charge in [-0.2, -0.15) is 10.1 Å². The number of hydrogen-bond donors (Lipinski definition) is 1. The van der Waals surface area contributed by atoms with Gasteiger partial charge in [0.25, 0.3) is 5.91 Å². The van der Waals surface area contributed by atoms with Gasteiger partial charge in [0.2, 0.25) is 5.91 Å². The molecule has 2 aliphatic rings. The van der Waals surface area contributed by atoms with E-state index in [-0.39, 0.29) is 24.3 Å². The number of nitrogens with zero attached hydrogens (tertiary/aromatic N) is 3. The molecule has 2 atom stereocenters. The maximum Gasteiger partial charge on any atom is 0.262 e. The highest BCUT2D eigenvalue weighted by atomic mass is 32.2. The number of hydrazone groups is 1. The Kier molecular flexibility index (Phi) is 7.46. The van der Waals surface area contributed by atoms with Crippen molar-refractivity contribution in [3.8, 4) is 11.5 Å². The molecule has 8 nitrogen and oxygen atoms in total. The van der Waals surface area contributed by atoms with Crippen LogP contribution in [0.2, 0.25) is 0 Å². The Morgan fingerprint density at radius 2 is 1.61 bits per heavy atom. The Morgan fingerprint density at radius 3 is 2.24 bits per heavy atom. The van der Waals surface area contributed by atoms with Crippen LogP contribution in [0.15, 0.2) is 82.9 Å². The van der Waals surface area contributed by atoms with Crippen molar-refractivity contribution in [2.45, 2.75) is 31.1 Å².